The molecular weight excluding hydrogens is 282 g/mol. The molecule has 0 aromatic carbocycles. The van der Waals surface area contributed by atoms with Crippen LogP contribution in [0.15, 0.2) is 25.5 Å². The summed E-state index contributed by atoms with van der Waals surface area (Å²) in [7, 11) is 0. The standard InChI is InChI=1S/C17H29NO4/c1-4-7-8-9-10-11-12-14-22-16(19)15(13-5-2)18-17(20)21-6-3/h5-6,15H,2-4,7-14H2,1H3,(H,18,20). The average Bonchev–Trinajstić information content (AvgIpc) is 2.49. The zero-order valence-corrected chi connectivity index (χ0v) is 13.6. The molecule has 0 aromatic heterocycles. The second-order valence-corrected chi connectivity index (χ2v) is 5.08. The minimum Gasteiger partial charge on any atom is -0.464 e. The normalized spacial score (nSPS) is 11.3. The van der Waals surface area contributed by atoms with Crippen molar-refractivity contribution in [2.45, 2.75) is 64.3 Å². The number of amides is 1. The Balaban J connectivity index is 3.86. The molecule has 22 heavy (non-hydrogen) atoms. The zero-order chi connectivity index (χ0) is 16.6. The van der Waals surface area contributed by atoms with Crippen molar-refractivity contribution in [1.29, 1.82) is 0 Å². The largest absolute Gasteiger partial charge is 0.464 e. The van der Waals surface area contributed by atoms with Crippen LogP contribution in [0.5, 0.6) is 0 Å². The smallest absolute Gasteiger partial charge is 0.412 e. The molecule has 0 aromatic rings. The van der Waals surface area contributed by atoms with Gasteiger partial charge in [-0.2, -0.15) is 0 Å². The quantitative estimate of drug-likeness (QED) is 0.241. The number of rotatable bonds is 13. The molecular formula is C17H29NO4. The highest BCUT2D eigenvalue weighted by molar-refractivity contribution is 5.81. The molecule has 0 radical (unpaired) electrons. The van der Waals surface area contributed by atoms with E-state index in [4.69, 9.17) is 4.74 Å². The van der Waals surface area contributed by atoms with Crippen LogP contribution in [-0.2, 0) is 14.3 Å². The number of hydrogen-bond donors (Lipinski definition) is 1. The summed E-state index contributed by atoms with van der Waals surface area (Å²) in [5, 5.41) is 2.42. The molecule has 0 saturated carbocycles. The van der Waals surface area contributed by atoms with Crippen molar-refractivity contribution in [1.82, 2.24) is 5.32 Å². The number of alkyl carbamates (subject to hydrolysis) is 1. The lowest BCUT2D eigenvalue weighted by Crippen LogP contribution is -2.41. The maximum absolute atomic E-state index is 11.9. The number of carbonyl (C=O) groups excluding carboxylic acids is 2. The topological polar surface area (TPSA) is 64.6 Å². The van der Waals surface area contributed by atoms with Crippen LogP contribution in [0.25, 0.3) is 0 Å². The third kappa shape index (κ3) is 10.9. The summed E-state index contributed by atoms with van der Waals surface area (Å²) in [5.74, 6) is -0.466. The molecule has 0 rings (SSSR count). The number of nitrogens with one attached hydrogen (secondary N) is 1. The maximum Gasteiger partial charge on any atom is 0.412 e. The average molecular weight is 311 g/mol. The molecule has 0 aliphatic heterocycles. The fraction of sp³-hybridized carbons (Fsp3) is 0.647. The highest BCUT2D eigenvalue weighted by Crippen LogP contribution is 2.07. The fourth-order valence-corrected chi connectivity index (χ4v) is 1.97. The predicted molar refractivity (Wildman–Crippen MR) is 87.4 cm³/mol. The summed E-state index contributed by atoms with van der Waals surface area (Å²) in [6, 6.07) is -0.769. The molecule has 1 N–H and O–H groups in total. The molecule has 0 aliphatic rings. The molecule has 0 bridgehead atoms. The van der Waals surface area contributed by atoms with Crippen molar-refractivity contribution in [3.8, 4) is 0 Å². The lowest BCUT2D eigenvalue weighted by Gasteiger charge is -2.15. The van der Waals surface area contributed by atoms with Gasteiger partial charge in [-0.1, -0.05) is 58.1 Å². The minimum atomic E-state index is -0.769. The Morgan fingerprint density at radius 2 is 1.73 bits per heavy atom. The Morgan fingerprint density at radius 1 is 1.09 bits per heavy atom. The second-order valence-electron chi connectivity index (χ2n) is 5.08. The lowest BCUT2D eigenvalue weighted by molar-refractivity contribution is -0.146. The summed E-state index contributed by atoms with van der Waals surface area (Å²) in [5.41, 5.74) is 0. The van der Waals surface area contributed by atoms with E-state index in [2.05, 4.69) is 30.1 Å². The highest BCUT2D eigenvalue weighted by atomic mass is 16.5. The van der Waals surface area contributed by atoms with Crippen LogP contribution in [0.1, 0.15) is 58.3 Å². The van der Waals surface area contributed by atoms with Crippen molar-refractivity contribution in [2.75, 3.05) is 6.61 Å². The van der Waals surface area contributed by atoms with Crippen LogP contribution in [0.4, 0.5) is 4.79 Å². The van der Waals surface area contributed by atoms with Crippen molar-refractivity contribution < 1.29 is 19.1 Å². The predicted octanol–water partition coefficient (Wildman–Crippen LogP) is 4.09. The van der Waals surface area contributed by atoms with E-state index in [9.17, 15) is 9.59 Å². The van der Waals surface area contributed by atoms with Gasteiger partial charge in [-0.3, -0.25) is 0 Å². The van der Waals surface area contributed by atoms with Crippen LogP contribution in [0.3, 0.4) is 0 Å². The van der Waals surface area contributed by atoms with E-state index in [1.54, 1.807) is 6.08 Å². The first kappa shape index (κ1) is 20.2. The SMILES string of the molecule is C=CCC(NC(=O)OC=C)C(=O)OCCCCCCCCC. The van der Waals surface area contributed by atoms with Gasteiger partial charge < -0.3 is 14.8 Å². The van der Waals surface area contributed by atoms with E-state index in [-0.39, 0.29) is 0 Å². The zero-order valence-electron chi connectivity index (χ0n) is 13.6. The molecule has 5 heteroatoms. The molecule has 0 fully saturated rings. The van der Waals surface area contributed by atoms with Gasteiger partial charge in [0.2, 0.25) is 0 Å². The Morgan fingerprint density at radius 3 is 2.32 bits per heavy atom. The Labute approximate surface area is 133 Å². The van der Waals surface area contributed by atoms with Crippen LogP contribution in [0, 0.1) is 0 Å². The number of carbonyl (C=O) groups is 2. The third-order valence-electron chi connectivity index (χ3n) is 3.16. The lowest BCUT2D eigenvalue weighted by atomic mass is 10.1. The summed E-state index contributed by atoms with van der Waals surface area (Å²) in [6.45, 7) is 9.40. The van der Waals surface area contributed by atoms with Gasteiger partial charge in [-0.25, -0.2) is 9.59 Å². The van der Waals surface area contributed by atoms with Gasteiger partial charge in [0.05, 0.1) is 12.9 Å². The van der Waals surface area contributed by atoms with Gasteiger partial charge in [-0.15, -0.1) is 6.58 Å². The van der Waals surface area contributed by atoms with Gasteiger partial charge in [0, 0.05) is 0 Å². The van der Waals surface area contributed by atoms with E-state index in [1.165, 1.54) is 25.7 Å². The minimum absolute atomic E-state index is 0.294. The van der Waals surface area contributed by atoms with Crippen molar-refractivity contribution in [3.05, 3.63) is 25.5 Å². The summed E-state index contributed by atoms with van der Waals surface area (Å²) in [4.78, 5) is 23.2. The van der Waals surface area contributed by atoms with Gasteiger partial charge >= 0.3 is 12.1 Å². The van der Waals surface area contributed by atoms with Crippen molar-refractivity contribution >= 4 is 12.1 Å². The van der Waals surface area contributed by atoms with Gasteiger partial charge in [0.25, 0.3) is 0 Å². The van der Waals surface area contributed by atoms with Gasteiger partial charge in [-0.05, 0) is 12.8 Å². The molecule has 126 valence electrons. The van der Waals surface area contributed by atoms with E-state index < -0.39 is 18.1 Å². The first-order chi connectivity index (χ1) is 10.7. The van der Waals surface area contributed by atoms with Crippen LogP contribution in [-0.4, -0.2) is 24.7 Å². The van der Waals surface area contributed by atoms with Crippen LogP contribution >= 0.6 is 0 Å². The van der Waals surface area contributed by atoms with E-state index in [0.29, 0.717) is 13.0 Å². The Kier molecular flexibility index (Phi) is 13.0. The maximum atomic E-state index is 11.9. The number of unbranched alkanes of at least 4 members (excludes halogenated alkanes) is 6. The molecule has 1 unspecified atom stereocenters. The number of esters is 1. The highest BCUT2D eigenvalue weighted by Gasteiger charge is 2.21. The van der Waals surface area contributed by atoms with Crippen LogP contribution in [0.2, 0.25) is 0 Å². The number of ether oxygens (including phenoxy) is 2. The van der Waals surface area contributed by atoms with Gasteiger partial charge in [0.1, 0.15) is 6.04 Å². The molecule has 0 heterocycles. The summed E-state index contributed by atoms with van der Waals surface area (Å²) in [6.07, 6.45) is 10.2. The van der Waals surface area contributed by atoms with Gasteiger partial charge in [0.15, 0.2) is 0 Å². The summed E-state index contributed by atoms with van der Waals surface area (Å²) < 4.78 is 9.71. The van der Waals surface area contributed by atoms with E-state index >= 15 is 0 Å². The van der Waals surface area contributed by atoms with E-state index in [0.717, 1.165) is 25.5 Å². The number of hydrogen-bond acceptors (Lipinski definition) is 4. The van der Waals surface area contributed by atoms with E-state index in [1.807, 2.05) is 0 Å². The van der Waals surface area contributed by atoms with Crippen molar-refractivity contribution in [2.24, 2.45) is 0 Å². The molecule has 0 saturated heterocycles. The summed E-state index contributed by atoms with van der Waals surface area (Å²) >= 11 is 0. The molecule has 1 atom stereocenters. The Hall–Kier alpha value is -1.78. The molecule has 1 amide bonds. The Bertz CT molecular complexity index is 342. The third-order valence-corrected chi connectivity index (χ3v) is 3.16. The first-order valence-electron chi connectivity index (χ1n) is 8.01. The van der Waals surface area contributed by atoms with Crippen LogP contribution < -0.4 is 5.32 Å². The molecule has 0 aliphatic carbocycles. The molecule has 5 nitrogen and oxygen atoms in total. The monoisotopic (exact) mass is 311 g/mol. The fourth-order valence-electron chi connectivity index (χ4n) is 1.97. The van der Waals surface area contributed by atoms with Crippen molar-refractivity contribution in [3.63, 3.8) is 0 Å². The second kappa shape index (κ2) is 14.2. The molecule has 0 spiro atoms. The first-order valence-corrected chi connectivity index (χ1v) is 8.01.